The topological polar surface area (TPSA) is 70.1 Å². The number of hydrogen-bond donors (Lipinski definition) is 1. The van der Waals surface area contributed by atoms with Crippen molar-refractivity contribution in [3.63, 3.8) is 0 Å². The molecule has 1 aliphatic rings. The number of benzene rings is 2. The van der Waals surface area contributed by atoms with Gasteiger partial charge in [-0.1, -0.05) is 61.9 Å². The number of unbranched alkanes of at least 4 members (excludes halogenated alkanes) is 1. The molecule has 0 saturated carbocycles. The van der Waals surface area contributed by atoms with E-state index in [2.05, 4.69) is 6.92 Å². The van der Waals surface area contributed by atoms with Gasteiger partial charge in [-0.05, 0) is 49.9 Å². The summed E-state index contributed by atoms with van der Waals surface area (Å²) < 4.78 is 5.85. The number of aliphatic hydroxyl groups is 1. The first-order valence-electron chi connectivity index (χ1n) is 11.3. The van der Waals surface area contributed by atoms with Crippen molar-refractivity contribution in [1.29, 1.82) is 0 Å². The van der Waals surface area contributed by atoms with Crippen LogP contribution in [0.3, 0.4) is 0 Å². The van der Waals surface area contributed by atoms with Crippen LogP contribution in [0.1, 0.15) is 36.9 Å². The van der Waals surface area contributed by atoms with E-state index in [-0.39, 0.29) is 11.4 Å². The molecular weight excluding hydrogens is 416 g/mol. The van der Waals surface area contributed by atoms with E-state index in [4.69, 9.17) is 4.74 Å². The molecule has 1 N–H and O–H groups in total. The number of hydrogen-bond acceptors (Lipinski definition) is 5. The molecule has 0 saturated heterocycles. The van der Waals surface area contributed by atoms with Crippen LogP contribution in [0, 0.1) is 0 Å². The molecule has 0 fully saturated rings. The number of nitrogens with zero attached hydrogens (tertiary/aromatic N) is 2. The summed E-state index contributed by atoms with van der Waals surface area (Å²) in [5, 5.41) is 10.7. The second kappa shape index (κ2) is 11.5. The minimum atomic E-state index is -0.680. The van der Waals surface area contributed by atoms with Gasteiger partial charge in [0.25, 0.3) is 5.91 Å². The Morgan fingerprint density at radius 1 is 1.15 bits per heavy atom. The second-order valence-corrected chi connectivity index (χ2v) is 8.35. The van der Waals surface area contributed by atoms with E-state index in [1.807, 2.05) is 73.6 Å². The first kappa shape index (κ1) is 24.3. The van der Waals surface area contributed by atoms with Crippen LogP contribution in [0.2, 0.25) is 0 Å². The third kappa shape index (κ3) is 6.11. The molecule has 0 spiro atoms. The van der Waals surface area contributed by atoms with Gasteiger partial charge in [0, 0.05) is 13.1 Å². The molecule has 0 bridgehead atoms. The summed E-state index contributed by atoms with van der Waals surface area (Å²) in [4.78, 5) is 29.7. The van der Waals surface area contributed by atoms with Crippen molar-refractivity contribution in [3.05, 3.63) is 83.1 Å². The lowest BCUT2D eigenvalue weighted by atomic mass is 9.95. The van der Waals surface area contributed by atoms with Crippen molar-refractivity contribution in [2.45, 2.75) is 25.8 Å². The van der Waals surface area contributed by atoms with Gasteiger partial charge in [0.1, 0.15) is 5.75 Å². The third-order valence-electron chi connectivity index (χ3n) is 5.52. The van der Waals surface area contributed by atoms with Crippen LogP contribution in [0.5, 0.6) is 5.75 Å². The van der Waals surface area contributed by atoms with Gasteiger partial charge in [-0.2, -0.15) is 0 Å². The fraction of sp³-hybridized carbons (Fsp3) is 0.333. The van der Waals surface area contributed by atoms with E-state index in [0.29, 0.717) is 25.4 Å². The quantitative estimate of drug-likeness (QED) is 0.407. The van der Waals surface area contributed by atoms with Crippen LogP contribution < -0.4 is 4.74 Å². The highest BCUT2D eigenvalue weighted by Crippen LogP contribution is 2.38. The lowest BCUT2D eigenvalue weighted by molar-refractivity contribution is -0.129. The number of rotatable bonds is 11. The van der Waals surface area contributed by atoms with Crippen molar-refractivity contribution in [2.24, 2.45) is 0 Å². The molecule has 174 valence electrons. The van der Waals surface area contributed by atoms with E-state index in [1.54, 1.807) is 11.0 Å². The van der Waals surface area contributed by atoms with Gasteiger partial charge >= 0.3 is 0 Å². The predicted octanol–water partition coefficient (Wildman–Crippen LogP) is 4.41. The van der Waals surface area contributed by atoms with E-state index in [1.165, 1.54) is 6.08 Å². The van der Waals surface area contributed by atoms with Crippen molar-refractivity contribution in [2.75, 3.05) is 33.8 Å². The zero-order valence-electron chi connectivity index (χ0n) is 19.5. The van der Waals surface area contributed by atoms with Gasteiger partial charge in [-0.25, -0.2) is 0 Å². The number of carbonyl (C=O) groups excluding carboxylic acids is 2. The second-order valence-electron chi connectivity index (χ2n) is 8.35. The SMILES string of the molecule is CCCCOc1cccc(C2C(C(=O)C=Cc3ccccc3)=C(O)C(=O)N2CCN(C)C)c1. The zero-order chi connectivity index (χ0) is 23.8. The molecule has 3 rings (SSSR count). The molecule has 0 radical (unpaired) electrons. The van der Waals surface area contributed by atoms with Crippen molar-refractivity contribution >= 4 is 17.8 Å². The smallest absolute Gasteiger partial charge is 0.290 e. The van der Waals surface area contributed by atoms with Crippen molar-refractivity contribution in [1.82, 2.24) is 9.80 Å². The summed E-state index contributed by atoms with van der Waals surface area (Å²) in [6, 6.07) is 16.2. The number of ketones is 1. The zero-order valence-corrected chi connectivity index (χ0v) is 19.5. The molecule has 1 unspecified atom stereocenters. The molecule has 1 amide bonds. The maximum absolute atomic E-state index is 13.2. The van der Waals surface area contributed by atoms with Crippen LogP contribution in [-0.2, 0) is 9.59 Å². The van der Waals surface area contributed by atoms with Crippen LogP contribution >= 0.6 is 0 Å². The van der Waals surface area contributed by atoms with Crippen LogP contribution in [0.4, 0.5) is 0 Å². The Hall–Kier alpha value is -3.38. The van der Waals surface area contributed by atoms with Gasteiger partial charge in [0.2, 0.25) is 0 Å². The largest absolute Gasteiger partial charge is 0.503 e. The highest BCUT2D eigenvalue weighted by Gasteiger charge is 2.42. The van der Waals surface area contributed by atoms with Gasteiger partial charge in [0.15, 0.2) is 11.5 Å². The number of ether oxygens (including phenoxy) is 1. The number of aliphatic hydroxyl groups excluding tert-OH is 1. The maximum atomic E-state index is 13.2. The van der Waals surface area contributed by atoms with E-state index >= 15 is 0 Å². The molecule has 2 aromatic rings. The number of amides is 1. The Bertz CT molecular complexity index is 1030. The maximum Gasteiger partial charge on any atom is 0.290 e. The van der Waals surface area contributed by atoms with Crippen LogP contribution in [0.15, 0.2) is 72.0 Å². The number of likely N-dealkylation sites (N-methyl/N-ethyl adjacent to an activating group) is 1. The Kier molecular flexibility index (Phi) is 8.44. The molecule has 6 nitrogen and oxygen atoms in total. The molecule has 33 heavy (non-hydrogen) atoms. The lowest BCUT2D eigenvalue weighted by Gasteiger charge is -2.28. The number of carbonyl (C=O) groups is 2. The van der Waals surface area contributed by atoms with Crippen LogP contribution in [-0.4, -0.2) is 60.4 Å². The van der Waals surface area contributed by atoms with E-state index < -0.39 is 17.7 Å². The highest BCUT2D eigenvalue weighted by atomic mass is 16.5. The van der Waals surface area contributed by atoms with E-state index in [0.717, 1.165) is 24.0 Å². The van der Waals surface area contributed by atoms with Gasteiger partial charge in [-0.3, -0.25) is 9.59 Å². The molecule has 1 atom stereocenters. The Labute approximate surface area is 195 Å². The fourth-order valence-electron chi connectivity index (χ4n) is 3.72. The summed E-state index contributed by atoms with van der Waals surface area (Å²) >= 11 is 0. The monoisotopic (exact) mass is 448 g/mol. The molecule has 2 aromatic carbocycles. The summed E-state index contributed by atoms with van der Waals surface area (Å²) in [7, 11) is 3.83. The Morgan fingerprint density at radius 3 is 2.61 bits per heavy atom. The third-order valence-corrected chi connectivity index (χ3v) is 5.52. The van der Waals surface area contributed by atoms with Crippen molar-refractivity contribution < 1.29 is 19.4 Å². The molecule has 0 aromatic heterocycles. The van der Waals surface area contributed by atoms with Gasteiger partial charge in [-0.15, -0.1) is 0 Å². The molecule has 1 aliphatic heterocycles. The predicted molar refractivity (Wildman–Crippen MR) is 130 cm³/mol. The first-order chi connectivity index (χ1) is 15.9. The average Bonchev–Trinajstić information content (AvgIpc) is 3.07. The Morgan fingerprint density at radius 2 is 1.91 bits per heavy atom. The van der Waals surface area contributed by atoms with E-state index in [9.17, 15) is 14.7 Å². The molecule has 6 heteroatoms. The van der Waals surface area contributed by atoms with Gasteiger partial charge < -0.3 is 19.6 Å². The first-order valence-corrected chi connectivity index (χ1v) is 11.3. The molecular formula is C27H32N2O4. The summed E-state index contributed by atoms with van der Waals surface area (Å²) in [5.74, 6) is -0.729. The van der Waals surface area contributed by atoms with Gasteiger partial charge in [0.05, 0.1) is 18.2 Å². The lowest BCUT2D eigenvalue weighted by Crippen LogP contribution is -2.36. The molecule has 1 heterocycles. The fourth-order valence-corrected chi connectivity index (χ4v) is 3.72. The Balaban J connectivity index is 1.95. The summed E-state index contributed by atoms with van der Waals surface area (Å²) in [5.41, 5.74) is 1.69. The average molecular weight is 449 g/mol. The highest BCUT2D eigenvalue weighted by molar-refractivity contribution is 6.14. The normalized spacial score (nSPS) is 16.3. The molecule has 0 aliphatic carbocycles. The minimum Gasteiger partial charge on any atom is -0.503 e. The van der Waals surface area contributed by atoms with Crippen LogP contribution in [0.25, 0.3) is 6.08 Å². The summed E-state index contributed by atoms with van der Waals surface area (Å²) in [6.45, 7) is 3.67. The number of allylic oxidation sites excluding steroid dienone is 1. The summed E-state index contributed by atoms with van der Waals surface area (Å²) in [6.07, 6.45) is 5.07. The standard InChI is InChI=1S/C27H32N2O4/c1-4-5-18-33-22-13-9-12-21(19-22)25-24(23(30)15-14-20-10-7-6-8-11-20)26(31)27(32)29(25)17-16-28(2)3/h6-15,19,25,31H,4-5,16-18H2,1-3H3. The van der Waals surface area contributed by atoms with Crippen molar-refractivity contribution in [3.8, 4) is 5.75 Å². The minimum absolute atomic E-state index is 0.0941.